The maximum absolute atomic E-state index is 13.6. The van der Waals surface area contributed by atoms with Crippen molar-refractivity contribution in [1.29, 1.82) is 0 Å². The van der Waals surface area contributed by atoms with E-state index in [0.29, 0.717) is 17.5 Å². The molecule has 0 heterocycles. The number of nitrogens with one attached hydrogen (secondary N) is 1. The number of carbonyl (C=O) groups excluding carboxylic acids is 1. The van der Waals surface area contributed by atoms with Crippen LogP contribution in [0.2, 0.25) is 0 Å². The van der Waals surface area contributed by atoms with Crippen LogP contribution in [0.5, 0.6) is 5.75 Å². The summed E-state index contributed by atoms with van der Waals surface area (Å²) in [4.78, 5) is 12.0. The topological polar surface area (TPSA) is 75.7 Å². The summed E-state index contributed by atoms with van der Waals surface area (Å²) in [5.74, 6) is -1.74. The Morgan fingerprint density at radius 3 is 2.52 bits per heavy atom. The third-order valence-electron chi connectivity index (χ3n) is 3.72. The lowest BCUT2D eigenvalue weighted by atomic mass is 10.2. The van der Waals surface area contributed by atoms with E-state index < -0.39 is 27.6 Å². The fraction of sp³-hybridized carbons (Fsp3) is 0.278. The third kappa shape index (κ3) is 5.65. The van der Waals surface area contributed by atoms with Gasteiger partial charge in [-0.05, 0) is 30.7 Å². The van der Waals surface area contributed by atoms with Gasteiger partial charge in [-0.2, -0.15) is 0 Å². The number of ether oxygens (including phenoxy) is 1. The van der Waals surface area contributed by atoms with E-state index in [4.69, 9.17) is 4.74 Å². The highest BCUT2D eigenvalue weighted by Gasteiger charge is 2.21. The van der Waals surface area contributed by atoms with E-state index in [0.717, 1.165) is 22.7 Å². The van der Waals surface area contributed by atoms with Crippen LogP contribution in [0.3, 0.4) is 0 Å². The zero-order valence-electron chi connectivity index (χ0n) is 14.9. The summed E-state index contributed by atoms with van der Waals surface area (Å²) in [6.07, 6.45) is 1.21. The standard InChI is InChI=1S/C18H20F2N2O4S/c1-26-17-7-4-3-6-16(17)22(27(2,24)25)11-5-8-18(23)21-15-10-9-13(19)12-14(15)20/h3-4,6-7,9-10,12H,5,8,11H2,1-2H3,(H,21,23). The molecule has 2 aromatic rings. The molecule has 0 spiro atoms. The summed E-state index contributed by atoms with van der Waals surface area (Å²) in [7, 11) is -2.16. The van der Waals surface area contributed by atoms with Gasteiger partial charge in [0.2, 0.25) is 15.9 Å². The summed E-state index contributed by atoms with van der Waals surface area (Å²) >= 11 is 0. The molecule has 6 nitrogen and oxygen atoms in total. The molecular weight excluding hydrogens is 378 g/mol. The predicted octanol–water partition coefficient (Wildman–Crippen LogP) is 3.16. The van der Waals surface area contributed by atoms with Gasteiger partial charge in [0, 0.05) is 19.0 Å². The first-order valence-electron chi connectivity index (χ1n) is 8.08. The first-order chi connectivity index (χ1) is 12.7. The fourth-order valence-corrected chi connectivity index (χ4v) is 3.46. The van der Waals surface area contributed by atoms with Crippen molar-refractivity contribution in [3.8, 4) is 5.75 Å². The van der Waals surface area contributed by atoms with Gasteiger partial charge in [-0.1, -0.05) is 12.1 Å². The first-order valence-corrected chi connectivity index (χ1v) is 9.93. The first kappa shape index (κ1) is 20.6. The molecule has 2 aromatic carbocycles. The van der Waals surface area contributed by atoms with Gasteiger partial charge in [-0.3, -0.25) is 9.10 Å². The molecule has 0 bridgehead atoms. The molecule has 0 saturated carbocycles. The highest BCUT2D eigenvalue weighted by Crippen LogP contribution is 2.29. The van der Waals surface area contributed by atoms with E-state index in [9.17, 15) is 22.0 Å². The van der Waals surface area contributed by atoms with Crippen molar-refractivity contribution in [2.45, 2.75) is 12.8 Å². The second kappa shape index (κ2) is 8.81. The van der Waals surface area contributed by atoms with Crippen molar-refractivity contribution in [2.24, 2.45) is 0 Å². The van der Waals surface area contributed by atoms with Gasteiger partial charge >= 0.3 is 0 Å². The van der Waals surface area contributed by atoms with E-state index in [1.54, 1.807) is 24.3 Å². The number of carbonyl (C=O) groups is 1. The smallest absolute Gasteiger partial charge is 0.232 e. The van der Waals surface area contributed by atoms with E-state index in [1.807, 2.05) is 0 Å². The molecule has 0 unspecified atom stereocenters. The number of anilines is 2. The Bertz CT molecular complexity index is 919. The number of benzene rings is 2. The van der Waals surface area contributed by atoms with Gasteiger partial charge in [-0.25, -0.2) is 17.2 Å². The Labute approximate surface area is 156 Å². The molecule has 0 aromatic heterocycles. The SMILES string of the molecule is COc1ccccc1N(CCCC(=O)Nc1ccc(F)cc1F)S(C)(=O)=O. The Morgan fingerprint density at radius 2 is 1.89 bits per heavy atom. The van der Waals surface area contributed by atoms with Gasteiger partial charge in [0.25, 0.3) is 0 Å². The van der Waals surface area contributed by atoms with Crippen LogP contribution in [0.4, 0.5) is 20.2 Å². The van der Waals surface area contributed by atoms with Crippen LogP contribution >= 0.6 is 0 Å². The minimum atomic E-state index is -3.60. The molecule has 0 radical (unpaired) electrons. The highest BCUT2D eigenvalue weighted by atomic mass is 32.2. The van der Waals surface area contributed by atoms with Crippen molar-refractivity contribution in [3.63, 3.8) is 0 Å². The van der Waals surface area contributed by atoms with Crippen LogP contribution in [-0.2, 0) is 14.8 Å². The summed E-state index contributed by atoms with van der Waals surface area (Å²) < 4.78 is 57.1. The highest BCUT2D eigenvalue weighted by molar-refractivity contribution is 7.92. The number of hydrogen-bond donors (Lipinski definition) is 1. The molecule has 0 atom stereocenters. The second-order valence-corrected chi connectivity index (χ2v) is 7.69. The Balaban J connectivity index is 2.02. The molecule has 9 heteroatoms. The Morgan fingerprint density at radius 1 is 1.19 bits per heavy atom. The molecule has 0 aliphatic carbocycles. The van der Waals surface area contributed by atoms with Crippen molar-refractivity contribution in [3.05, 3.63) is 54.1 Å². The Kier molecular flexibility index (Phi) is 6.73. The number of amides is 1. The van der Waals surface area contributed by atoms with Crippen molar-refractivity contribution < 1.29 is 26.7 Å². The number of methoxy groups -OCH3 is 1. The van der Waals surface area contributed by atoms with Gasteiger partial charge in [0.05, 0.1) is 24.7 Å². The summed E-state index contributed by atoms with van der Waals surface area (Å²) in [6, 6.07) is 9.47. The van der Waals surface area contributed by atoms with Crippen LogP contribution in [0.25, 0.3) is 0 Å². The van der Waals surface area contributed by atoms with Gasteiger partial charge in [0.1, 0.15) is 17.4 Å². The monoisotopic (exact) mass is 398 g/mol. The summed E-state index contributed by atoms with van der Waals surface area (Å²) in [6.45, 7) is 0.0402. The van der Waals surface area contributed by atoms with Gasteiger partial charge in [-0.15, -0.1) is 0 Å². The van der Waals surface area contributed by atoms with Gasteiger partial charge < -0.3 is 10.1 Å². The number of rotatable bonds is 8. The molecule has 27 heavy (non-hydrogen) atoms. The van der Waals surface area contributed by atoms with Crippen LogP contribution < -0.4 is 14.4 Å². The summed E-state index contributed by atoms with van der Waals surface area (Å²) in [5, 5.41) is 2.34. The minimum absolute atomic E-state index is 0.0402. The maximum Gasteiger partial charge on any atom is 0.232 e. The Hall–Kier alpha value is -2.68. The number of halogens is 2. The van der Waals surface area contributed by atoms with Crippen LogP contribution in [0, 0.1) is 11.6 Å². The molecular formula is C18H20F2N2O4S. The predicted molar refractivity (Wildman–Crippen MR) is 99.4 cm³/mol. The molecule has 0 saturated heterocycles. The van der Waals surface area contributed by atoms with Crippen LogP contribution in [-0.4, -0.2) is 34.2 Å². The summed E-state index contributed by atoms with van der Waals surface area (Å²) in [5.41, 5.74) is 0.235. The molecule has 0 fully saturated rings. The zero-order chi connectivity index (χ0) is 20.0. The molecule has 146 valence electrons. The molecule has 0 aliphatic heterocycles. The number of para-hydroxylation sites is 2. The van der Waals surface area contributed by atoms with Gasteiger partial charge in [0.15, 0.2) is 0 Å². The van der Waals surface area contributed by atoms with Crippen molar-refractivity contribution in [1.82, 2.24) is 0 Å². The molecule has 2 rings (SSSR count). The lowest BCUT2D eigenvalue weighted by Gasteiger charge is -2.24. The van der Waals surface area contributed by atoms with Crippen molar-refractivity contribution in [2.75, 3.05) is 29.5 Å². The average Bonchev–Trinajstić information content (AvgIpc) is 2.60. The van der Waals surface area contributed by atoms with Crippen LogP contribution in [0.15, 0.2) is 42.5 Å². The normalized spacial score (nSPS) is 11.1. The molecule has 0 aliphatic rings. The lowest BCUT2D eigenvalue weighted by Crippen LogP contribution is -2.31. The fourth-order valence-electron chi connectivity index (χ4n) is 2.49. The largest absolute Gasteiger partial charge is 0.495 e. The molecule has 1 amide bonds. The quantitative estimate of drug-likeness (QED) is 0.741. The van der Waals surface area contributed by atoms with E-state index in [1.165, 1.54) is 7.11 Å². The maximum atomic E-state index is 13.6. The van der Waals surface area contributed by atoms with E-state index in [-0.39, 0.29) is 25.1 Å². The minimum Gasteiger partial charge on any atom is -0.495 e. The third-order valence-corrected chi connectivity index (χ3v) is 4.90. The van der Waals surface area contributed by atoms with Crippen LogP contribution in [0.1, 0.15) is 12.8 Å². The van der Waals surface area contributed by atoms with E-state index in [2.05, 4.69) is 5.32 Å². The number of nitrogens with zero attached hydrogens (tertiary/aromatic N) is 1. The van der Waals surface area contributed by atoms with E-state index >= 15 is 0 Å². The number of sulfonamides is 1. The average molecular weight is 398 g/mol. The number of hydrogen-bond acceptors (Lipinski definition) is 4. The lowest BCUT2D eigenvalue weighted by molar-refractivity contribution is -0.116. The second-order valence-electron chi connectivity index (χ2n) is 5.78. The van der Waals surface area contributed by atoms with Crippen molar-refractivity contribution >= 4 is 27.3 Å². The zero-order valence-corrected chi connectivity index (χ0v) is 15.7. The molecule has 1 N–H and O–H groups in total.